The first kappa shape index (κ1) is 48.9. The average molecular weight is 725 g/mol. The van der Waals surface area contributed by atoms with Crippen molar-refractivity contribution in [1.29, 1.82) is 0 Å². The minimum absolute atomic E-state index is 0.117. The van der Waals surface area contributed by atoms with E-state index in [9.17, 15) is 14.4 Å². The number of carbonyl (C=O) groups excluding carboxylic acids is 3. The van der Waals surface area contributed by atoms with E-state index in [1.54, 1.807) is 0 Å². The Kier molecular flexibility index (Phi) is 38.2. The number of esters is 3. The second-order valence-electron chi connectivity index (χ2n) is 13.5. The van der Waals surface area contributed by atoms with Gasteiger partial charge in [0.2, 0.25) is 0 Å². The van der Waals surface area contributed by atoms with Crippen LogP contribution in [0.1, 0.15) is 181 Å². The molecule has 0 saturated carbocycles. The summed E-state index contributed by atoms with van der Waals surface area (Å²) in [5, 5.41) is 0. The SMILES string of the molecule is CC/C=C\C/C=C\CCCCCCCC(=O)OC(COC(=O)CC/C=C\C/C=C\CCCCCCCC)COC(=O)CCCC/C=C\C/C=C\CC. The van der Waals surface area contributed by atoms with E-state index in [1.807, 2.05) is 6.08 Å². The summed E-state index contributed by atoms with van der Waals surface area (Å²) in [6.07, 6.45) is 49.1. The molecule has 0 N–H and O–H groups in total. The maximum atomic E-state index is 12.6. The molecule has 0 radical (unpaired) electrons. The third-order valence-corrected chi connectivity index (χ3v) is 8.44. The van der Waals surface area contributed by atoms with Gasteiger partial charge in [0.1, 0.15) is 13.2 Å². The Bertz CT molecular complexity index is 1020. The van der Waals surface area contributed by atoms with Gasteiger partial charge in [-0.3, -0.25) is 14.4 Å². The standard InChI is InChI=1S/C46H76O6/c1-4-7-10-13-16-19-21-23-25-27-30-33-36-39-45(48)51-42-43(41-50-44(47)38-35-32-29-26-18-15-12-9-6-3)52-46(49)40-37-34-31-28-24-22-20-17-14-11-8-5-2/h8-9,11-12,17-18,20,23,25-26,30,33,43H,4-7,10,13-16,19,21-22,24,27-29,31-32,34-42H2,1-3H3/b11-8-,12-9-,20-17-,25-23-,26-18-,33-30-. The summed E-state index contributed by atoms with van der Waals surface area (Å²) in [5.74, 6) is -1.05. The Morgan fingerprint density at radius 3 is 1.31 bits per heavy atom. The van der Waals surface area contributed by atoms with Crippen LogP contribution in [-0.2, 0) is 28.6 Å². The summed E-state index contributed by atoms with van der Waals surface area (Å²) < 4.78 is 16.5. The second kappa shape index (κ2) is 40.6. The Balaban J connectivity index is 4.51. The van der Waals surface area contributed by atoms with Crippen LogP contribution in [0.2, 0.25) is 0 Å². The smallest absolute Gasteiger partial charge is 0.306 e. The topological polar surface area (TPSA) is 78.9 Å². The number of ether oxygens (including phenoxy) is 3. The number of allylic oxidation sites excluding steroid dienone is 12. The van der Waals surface area contributed by atoms with E-state index in [4.69, 9.17) is 14.2 Å². The molecule has 296 valence electrons. The summed E-state index contributed by atoms with van der Waals surface area (Å²) in [7, 11) is 0. The van der Waals surface area contributed by atoms with Gasteiger partial charge in [-0.15, -0.1) is 0 Å². The Labute approximate surface area is 319 Å². The Hall–Kier alpha value is -3.15. The molecule has 0 saturated heterocycles. The van der Waals surface area contributed by atoms with Crippen molar-refractivity contribution in [1.82, 2.24) is 0 Å². The summed E-state index contributed by atoms with van der Waals surface area (Å²) >= 11 is 0. The van der Waals surface area contributed by atoms with Gasteiger partial charge in [-0.1, -0.05) is 145 Å². The lowest BCUT2D eigenvalue weighted by Crippen LogP contribution is -2.30. The lowest BCUT2D eigenvalue weighted by molar-refractivity contribution is -0.166. The molecule has 0 aromatic carbocycles. The van der Waals surface area contributed by atoms with E-state index in [0.29, 0.717) is 19.3 Å². The molecule has 0 aliphatic carbocycles. The predicted molar refractivity (Wildman–Crippen MR) is 219 cm³/mol. The molecule has 0 aliphatic heterocycles. The van der Waals surface area contributed by atoms with E-state index in [-0.39, 0.29) is 37.5 Å². The molecule has 6 heteroatoms. The number of rotatable bonds is 36. The summed E-state index contributed by atoms with van der Waals surface area (Å²) in [6, 6.07) is 0. The third kappa shape index (κ3) is 38.1. The molecule has 6 nitrogen and oxygen atoms in total. The highest BCUT2D eigenvalue weighted by molar-refractivity contribution is 5.71. The van der Waals surface area contributed by atoms with Crippen molar-refractivity contribution in [2.45, 2.75) is 187 Å². The maximum Gasteiger partial charge on any atom is 0.306 e. The first-order valence-electron chi connectivity index (χ1n) is 20.9. The van der Waals surface area contributed by atoms with E-state index in [1.165, 1.54) is 38.5 Å². The molecule has 0 aromatic heterocycles. The zero-order valence-electron chi connectivity index (χ0n) is 33.5. The van der Waals surface area contributed by atoms with Crippen LogP contribution in [0.3, 0.4) is 0 Å². The largest absolute Gasteiger partial charge is 0.462 e. The van der Waals surface area contributed by atoms with Crippen molar-refractivity contribution in [2.24, 2.45) is 0 Å². The van der Waals surface area contributed by atoms with Crippen molar-refractivity contribution in [3.8, 4) is 0 Å². The fourth-order valence-corrected chi connectivity index (χ4v) is 5.33. The van der Waals surface area contributed by atoms with Crippen molar-refractivity contribution in [3.05, 3.63) is 72.9 Å². The zero-order valence-corrected chi connectivity index (χ0v) is 33.5. The zero-order chi connectivity index (χ0) is 38.0. The monoisotopic (exact) mass is 725 g/mol. The fourth-order valence-electron chi connectivity index (χ4n) is 5.33. The lowest BCUT2D eigenvalue weighted by Gasteiger charge is -2.18. The van der Waals surface area contributed by atoms with Crippen molar-refractivity contribution >= 4 is 17.9 Å². The predicted octanol–water partition coefficient (Wildman–Crippen LogP) is 13.1. The van der Waals surface area contributed by atoms with Crippen molar-refractivity contribution in [3.63, 3.8) is 0 Å². The molecule has 0 fully saturated rings. The number of hydrogen-bond donors (Lipinski definition) is 0. The molecule has 1 unspecified atom stereocenters. The van der Waals surface area contributed by atoms with Gasteiger partial charge in [-0.05, 0) is 89.9 Å². The Morgan fingerprint density at radius 1 is 0.404 bits per heavy atom. The molecule has 0 rings (SSSR count). The van der Waals surface area contributed by atoms with Crippen LogP contribution in [0.15, 0.2) is 72.9 Å². The summed E-state index contributed by atoms with van der Waals surface area (Å²) in [5.41, 5.74) is 0. The van der Waals surface area contributed by atoms with Gasteiger partial charge in [0.25, 0.3) is 0 Å². The highest BCUT2D eigenvalue weighted by Crippen LogP contribution is 2.11. The summed E-state index contributed by atoms with van der Waals surface area (Å²) in [4.78, 5) is 37.5. The van der Waals surface area contributed by atoms with Crippen LogP contribution < -0.4 is 0 Å². The molecule has 0 spiro atoms. The van der Waals surface area contributed by atoms with Gasteiger partial charge >= 0.3 is 17.9 Å². The van der Waals surface area contributed by atoms with Gasteiger partial charge in [-0.25, -0.2) is 0 Å². The molecule has 0 heterocycles. The number of hydrogen-bond acceptors (Lipinski definition) is 6. The number of unbranched alkanes of at least 4 members (excludes halogenated alkanes) is 13. The average Bonchev–Trinajstić information content (AvgIpc) is 3.14. The molecule has 0 aromatic rings. The van der Waals surface area contributed by atoms with Crippen molar-refractivity contribution < 1.29 is 28.6 Å². The van der Waals surface area contributed by atoms with Gasteiger partial charge < -0.3 is 14.2 Å². The maximum absolute atomic E-state index is 12.6. The van der Waals surface area contributed by atoms with Gasteiger partial charge in [0.15, 0.2) is 6.10 Å². The van der Waals surface area contributed by atoms with Gasteiger partial charge in [0, 0.05) is 19.3 Å². The third-order valence-electron chi connectivity index (χ3n) is 8.44. The molecule has 0 amide bonds. The minimum atomic E-state index is -0.814. The minimum Gasteiger partial charge on any atom is -0.462 e. The van der Waals surface area contributed by atoms with Crippen LogP contribution in [0.5, 0.6) is 0 Å². The molecule has 1 atom stereocenters. The highest BCUT2D eigenvalue weighted by atomic mass is 16.6. The van der Waals surface area contributed by atoms with E-state index in [2.05, 4.69) is 87.6 Å². The lowest BCUT2D eigenvalue weighted by atomic mass is 10.1. The second-order valence-corrected chi connectivity index (χ2v) is 13.5. The quantitative estimate of drug-likeness (QED) is 0.0277. The first-order chi connectivity index (χ1) is 25.5. The molecular formula is C46H76O6. The van der Waals surface area contributed by atoms with E-state index in [0.717, 1.165) is 96.3 Å². The molecule has 52 heavy (non-hydrogen) atoms. The van der Waals surface area contributed by atoms with Gasteiger partial charge in [-0.2, -0.15) is 0 Å². The van der Waals surface area contributed by atoms with E-state index >= 15 is 0 Å². The Morgan fingerprint density at radius 2 is 0.788 bits per heavy atom. The van der Waals surface area contributed by atoms with Crippen LogP contribution >= 0.6 is 0 Å². The van der Waals surface area contributed by atoms with Crippen LogP contribution in [0, 0.1) is 0 Å². The van der Waals surface area contributed by atoms with Gasteiger partial charge in [0.05, 0.1) is 0 Å². The van der Waals surface area contributed by atoms with Crippen LogP contribution in [-0.4, -0.2) is 37.2 Å². The first-order valence-corrected chi connectivity index (χ1v) is 20.9. The fraction of sp³-hybridized carbons (Fsp3) is 0.674. The van der Waals surface area contributed by atoms with Crippen molar-refractivity contribution in [2.75, 3.05) is 13.2 Å². The normalized spacial score (nSPS) is 12.8. The molecular weight excluding hydrogens is 648 g/mol. The molecule has 0 aliphatic rings. The van der Waals surface area contributed by atoms with E-state index < -0.39 is 6.10 Å². The van der Waals surface area contributed by atoms with Crippen LogP contribution in [0.25, 0.3) is 0 Å². The highest BCUT2D eigenvalue weighted by Gasteiger charge is 2.19. The summed E-state index contributed by atoms with van der Waals surface area (Å²) in [6.45, 7) is 6.26. The van der Waals surface area contributed by atoms with Crippen LogP contribution in [0.4, 0.5) is 0 Å². The number of carbonyl (C=O) groups is 3. The molecule has 0 bridgehead atoms.